The molecule has 0 aromatic heterocycles. The maximum absolute atomic E-state index is 8.36. The number of hydrogen-bond acceptors (Lipinski definition) is 1. The molecule has 0 atom stereocenters. The Balaban J connectivity index is -0.00000000500. The third-order valence-corrected chi connectivity index (χ3v) is 0. The Morgan fingerprint density at radius 1 is 1.25 bits per heavy atom. The van der Waals surface area contributed by atoms with Gasteiger partial charge in [0.25, 0.3) is 0 Å². The molecule has 0 amide bonds. The zero-order valence-corrected chi connectivity index (χ0v) is 5.37. The first-order valence-electron chi connectivity index (χ1n) is 0.183. The second-order valence-corrected chi connectivity index (χ2v) is 0. The molecule has 0 saturated heterocycles. The van der Waals surface area contributed by atoms with Crippen molar-refractivity contribution in [1.29, 1.82) is 0 Å². The van der Waals surface area contributed by atoms with Crippen LogP contribution in [0.3, 0.4) is 0 Å². The van der Waals surface area contributed by atoms with Crippen LogP contribution in [0, 0.1) is 0 Å². The van der Waals surface area contributed by atoms with E-state index < -0.39 is 0 Å². The minimum atomic E-state index is 0. The van der Waals surface area contributed by atoms with Gasteiger partial charge in [-0.3, -0.25) is 0 Å². The molecule has 0 aromatic carbocycles. The normalized spacial score (nSPS) is 0.750. The predicted octanol–water partition coefficient (Wildman–Crippen LogP) is -0.772. The van der Waals surface area contributed by atoms with Gasteiger partial charge in [0.1, 0.15) is 0 Å². The Hall–Kier alpha value is 1.63. The van der Waals surface area contributed by atoms with Crippen LogP contribution < -0.4 is 0 Å². The van der Waals surface area contributed by atoms with Crippen LogP contribution in [0.5, 0.6) is 0 Å². The van der Waals surface area contributed by atoms with E-state index in [1.807, 2.05) is 0 Å². The van der Waals surface area contributed by atoms with E-state index in [1.54, 1.807) is 0 Å². The van der Waals surface area contributed by atoms with E-state index in [0.29, 0.717) is 0 Å². The summed E-state index contributed by atoms with van der Waals surface area (Å²) in [6, 6.07) is 0. The third kappa shape index (κ3) is 9.45. The molecule has 0 aromatic rings. The van der Waals surface area contributed by atoms with Crippen molar-refractivity contribution in [3.8, 4) is 0 Å². The molecule has 0 heterocycles. The summed E-state index contributed by atoms with van der Waals surface area (Å²) in [4.78, 5) is 0. The van der Waals surface area contributed by atoms with Crippen molar-refractivity contribution in [2.75, 3.05) is 0 Å². The first-order valence-corrected chi connectivity index (χ1v) is 1.49. The molecule has 0 N–H and O–H groups in total. The van der Waals surface area contributed by atoms with Crippen LogP contribution in [-0.2, 0) is 40.8 Å². The zero-order valence-electron chi connectivity index (χ0n) is 1.17. The Morgan fingerprint density at radius 2 is 1.25 bits per heavy atom. The molecule has 0 aliphatic heterocycles. The van der Waals surface area contributed by atoms with Gasteiger partial charge >= 0.3 is 43.2 Å². The van der Waals surface area contributed by atoms with E-state index in [9.17, 15) is 0 Å². The summed E-state index contributed by atoms with van der Waals surface area (Å²) >= 11 is 0.194. The van der Waals surface area contributed by atoms with Crippen LogP contribution in [0.4, 0.5) is 0 Å². The van der Waals surface area contributed by atoms with Gasteiger partial charge in [-0.2, -0.15) is 0 Å². The van der Waals surface area contributed by atoms with E-state index in [4.69, 9.17) is 3.25 Å². The summed E-state index contributed by atoms with van der Waals surface area (Å²) in [7, 11) is 0. The molecule has 0 spiro atoms. The molecule has 0 aliphatic carbocycles. The summed E-state index contributed by atoms with van der Waals surface area (Å²) in [5.41, 5.74) is 0. The van der Waals surface area contributed by atoms with Gasteiger partial charge in [-0.1, -0.05) is 0 Å². The second-order valence-electron chi connectivity index (χ2n) is 0. The van der Waals surface area contributed by atoms with E-state index in [2.05, 4.69) is 0 Å². The van der Waals surface area contributed by atoms with E-state index in [1.165, 1.54) is 0 Å². The van der Waals surface area contributed by atoms with Crippen molar-refractivity contribution in [2.45, 2.75) is 0 Å². The standard InChI is InChI=1S/Li.Ni.O.Ta.H. The summed E-state index contributed by atoms with van der Waals surface area (Å²) < 4.78 is 8.36. The molecular weight excluding hydrogens is 263 g/mol. The predicted molar refractivity (Wildman–Crippen MR) is 7.84 cm³/mol. The third-order valence-electron chi connectivity index (χ3n) is 0. The average Bonchev–Trinajstić information content (AvgIpc) is 1.00. The molecule has 0 radical (unpaired) electrons. The molecule has 0 bridgehead atoms. The van der Waals surface area contributed by atoms with Gasteiger partial charge in [-0.25, -0.2) is 0 Å². The van der Waals surface area contributed by atoms with Gasteiger partial charge in [0.05, 0.1) is 0 Å². The van der Waals surface area contributed by atoms with E-state index in [0.717, 1.165) is 0 Å². The fraction of sp³-hybridized carbons (Fsp3) is 0. The fourth-order valence-corrected chi connectivity index (χ4v) is 0. The fourth-order valence-electron chi connectivity index (χ4n) is 0. The average molecular weight is 264 g/mol. The monoisotopic (exact) mass is 263 g/mol. The molecule has 0 saturated carbocycles. The van der Waals surface area contributed by atoms with Crippen molar-refractivity contribution in [3.05, 3.63) is 0 Å². The Labute approximate surface area is 59.3 Å². The van der Waals surface area contributed by atoms with E-state index >= 15 is 0 Å². The summed E-state index contributed by atoms with van der Waals surface area (Å²) in [5, 5.41) is 0. The first kappa shape index (κ1) is 17.4. The molecule has 0 fully saturated rings. The SMILES string of the molecule is [LiH].[Ni].[O]=[Ta]. The number of rotatable bonds is 0. The van der Waals surface area contributed by atoms with Crippen LogP contribution in [-0.4, -0.2) is 18.9 Å². The minimum absolute atomic E-state index is 0. The molecule has 23 valence electrons. The zero-order chi connectivity index (χ0) is 2.00. The maximum atomic E-state index is 8.36. The molecule has 1 nitrogen and oxygen atoms in total. The van der Waals surface area contributed by atoms with Crippen molar-refractivity contribution >= 4 is 18.9 Å². The van der Waals surface area contributed by atoms with Gasteiger partial charge in [0.15, 0.2) is 0 Å². The summed E-state index contributed by atoms with van der Waals surface area (Å²) in [5.74, 6) is 0. The van der Waals surface area contributed by atoms with E-state index in [-0.39, 0.29) is 56.4 Å². The molecular formula is HLiNiOTa. The van der Waals surface area contributed by atoms with Crippen LogP contribution in [0.2, 0.25) is 0 Å². The van der Waals surface area contributed by atoms with Crippen LogP contribution in [0.25, 0.3) is 0 Å². The Kier molecular flexibility index (Phi) is 100. The Morgan fingerprint density at radius 3 is 1.25 bits per heavy atom. The molecule has 0 unspecified atom stereocenters. The Bertz CT molecular complexity index is 8.00. The van der Waals surface area contributed by atoms with Gasteiger partial charge in [-0.15, -0.1) is 0 Å². The van der Waals surface area contributed by atoms with Gasteiger partial charge in [-0.05, 0) is 0 Å². The van der Waals surface area contributed by atoms with Crippen molar-refractivity contribution < 1.29 is 40.8 Å². The number of hydrogen-bond donors (Lipinski definition) is 0. The molecule has 4 heteroatoms. The van der Waals surface area contributed by atoms with Crippen LogP contribution in [0.1, 0.15) is 0 Å². The van der Waals surface area contributed by atoms with Gasteiger partial charge < -0.3 is 0 Å². The van der Waals surface area contributed by atoms with Crippen molar-refractivity contribution in [2.24, 2.45) is 0 Å². The van der Waals surface area contributed by atoms with Gasteiger partial charge in [0, 0.05) is 16.5 Å². The first-order chi connectivity index (χ1) is 1.00. The second kappa shape index (κ2) is 23.0. The quantitative estimate of drug-likeness (QED) is 0.525. The topological polar surface area (TPSA) is 17.1 Å². The van der Waals surface area contributed by atoms with Crippen LogP contribution >= 0.6 is 0 Å². The molecule has 0 aliphatic rings. The summed E-state index contributed by atoms with van der Waals surface area (Å²) in [6.07, 6.45) is 0. The molecule has 4 heavy (non-hydrogen) atoms. The van der Waals surface area contributed by atoms with Crippen molar-refractivity contribution in [1.82, 2.24) is 0 Å². The molecule has 0 rings (SSSR count). The summed E-state index contributed by atoms with van der Waals surface area (Å²) in [6.45, 7) is 0. The van der Waals surface area contributed by atoms with Crippen molar-refractivity contribution in [3.63, 3.8) is 0 Å². The van der Waals surface area contributed by atoms with Gasteiger partial charge in [0.2, 0.25) is 0 Å². The van der Waals surface area contributed by atoms with Crippen LogP contribution in [0.15, 0.2) is 0 Å².